The van der Waals surface area contributed by atoms with Crippen LogP contribution in [0.4, 0.5) is 0 Å². The number of aromatic nitrogens is 1. The molecule has 0 unspecified atom stereocenters. The van der Waals surface area contributed by atoms with Gasteiger partial charge >= 0.3 is 5.97 Å². The summed E-state index contributed by atoms with van der Waals surface area (Å²) in [4.78, 5) is 15.2. The van der Waals surface area contributed by atoms with Crippen LogP contribution in [0.5, 0.6) is 5.75 Å². The second-order valence-electron chi connectivity index (χ2n) is 4.77. The maximum absolute atomic E-state index is 11.2. The molecule has 0 aliphatic carbocycles. The van der Waals surface area contributed by atoms with Gasteiger partial charge in [0, 0.05) is 10.6 Å². The SMILES string of the molecule is CCc1nc(C(=O)O)c(O)c2cc(-c3ccc(Cl)cc3)oc12. The third-order valence-electron chi connectivity index (χ3n) is 3.39. The highest BCUT2D eigenvalue weighted by molar-refractivity contribution is 6.30. The summed E-state index contributed by atoms with van der Waals surface area (Å²) >= 11 is 5.86. The number of aromatic carboxylic acids is 1. The van der Waals surface area contributed by atoms with Crippen LogP contribution in [0.1, 0.15) is 23.1 Å². The van der Waals surface area contributed by atoms with Crippen LogP contribution in [-0.2, 0) is 6.42 Å². The lowest BCUT2D eigenvalue weighted by molar-refractivity contribution is 0.0687. The van der Waals surface area contributed by atoms with E-state index in [2.05, 4.69) is 4.98 Å². The van der Waals surface area contributed by atoms with Crippen molar-refractivity contribution in [3.63, 3.8) is 0 Å². The number of benzene rings is 1. The number of aromatic hydroxyl groups is 1. The van der Waals surface area contributed by atoms with Gasteiger partial charge in [-0.1, -0.05) is 18.5 Å². The van der Waals surface area contributed by atoms with Crippen LogP contribution in [0, 0.1) is 0 Å². The molecule has 6 heteroatoms. The zero-order chi connectivity index (χ0) is 15.9. The van der Waals surface area contributed by atoms with Crippen LogP contribution < -0.4 is 0 Å². The normalized spacial score (nSPS) is 11.0. The van der Waals surface area contributed by atoms with Crippen molar-refractivity contribution >= 4 is 28.5 Å². The number of furan rings is 1. The molecule has 2 N–H and O–H groups in total. The van der Waals surface area contributed by atoms with Gasteiger partial charge in [0.05, 0.1) is 11.1 Å². The van der Waals surface area contributed by atoms with Gasteiger partial charge < -0.3 is 14.6 Å². The molecule has 0 fully saturated rings. The number of carboxylic acid groups (broad SMARTS) is 1. The first kappa shape index (κ1) is 14.4. The van der Waals surface area contributed by atoms with Gasteiger partial charge in [-0.2, -0.15) is 0 Å². The minimum atomic E-state index is -1.27. The largest absolute Gasteiger partial charge is 0.505 e. The summed E-state index contributed by atoms with van der Waals surface area (Å²) in [6.07, 6.45) is 0.491. The fourth-order valence-electron chi connectivity index (χ4n) is 2.29. The van der Waals surface area contributed by atoms with Gasteiger partial charge in [0.1, 0.15) is 5.76 Å². The molecule has 0 saturated carbocycles. The number of carbonyl (C=O) groups is 1. The van der Waals surface area contributed by atoms with Crippen LogP contribution in [-0.4, -0.2) is 21.2 Å². The zero-order valence-corrected chi connectivity index (χ0v) is 12.4. The minimum absolute atomic E-state index is 0.342. The number of pyridine rings is 1. The van der Waals surface area contributed by atoms with E-state index in [-0.39, 0.29) is 11.4 Å². The van der Waals surface area contributed by atoms with E-state index in [1.807, 2.05) is 6.92 Å². The molecule has 112 valence electrons. The van der Waals surface area contributed by atoms with E-state index in [9.17, 15) is 9.90 Å². The fourth-order valence-corrected chi connectivity index (χ4v) is 2.42. The van der Waals surface area contributed by atoms with E-state index in [4.69, 9.17) is 21.1 Å². The molecular weight excluding hydrogens is 306 g/mol. The first-order valence-corrected chi connectivity index (χ1v) is 7.03. The van der Waals surface area contributed by atoms with Crippen LogP contribution >= 0.6 is 11.6 Å². The summed E-state index contributed by atoms with van der Waals surface area (Å²) in [6.45, 7) is 1.84. The second-order valence-corrected chi connectivity index (χ2v) is 5.21. The van der Waals surface area contributed by atoms with Gasteiger partial charge in [-0.05, 0) is 36.8 Å². The Morgan fingerprint density at radius 2 is 2.00 bits per heavy atom. The Morgan fingerprint density at radius 3 is 2.59 bits per heavy atom. The van der Waals surface area contributed by atoms with Crippen molar-refractivity contribution in [2.75, 3.05) is 0 Å². The van der Waals surface area contributed by atoms with E-state index in [1.165, 1.54) is 0 Å². The number of fused-ring (bicyclic) bond motifs is 1. The van der Waals surface area contributed by atoms with Gasteiger partial charge in [-0.25, -0.2) is 9.78 Å². The van der Waals surface area contributed by atoms with Crippen molar-refractivity contribution in [2.45, 2.75) is 13.3 Å². The molecule has 0 spiro atoms. The Hall–Kier alpha value is -2.53. The number of carboxylic acids is 1. The Kier molecular flexibility index (Phi) is 3.50. The predicted octanol–water partition coefficient (Wildman–Crippen LogP) is 4.11. The second kappa shape index (κ2) is 5.35. The summed E-state index contributed by atoms with van der Waals surface area (Å²) in [7, 11) is 0. The van der Waals surface area contributed by atoms with E-state index >= 15 is 0 Å². The highest BCUT2D eigenvalue weighted by atomic mass is 35.5. The third-order valence-corrected chi connectivity index (χ3v) is 3.64. The summed E-state index contributed by atoms with van der Waals surface area (Å²) in [5, 5.41) is 20.2. The number of hydrogen-bond donors (Lipinski definition) is 2. The monoisotopic (exact) mass is 317 g/mol. The summed E-state index contributed by atoms with van der Waals surface area (Å²) < 4.78 is 5.77. The molecule has 2 aromatic heterocycles. The number of nitrogens with zero attached hydrogens (tertiary/aromatic N) is 1. The number of hydrogen-bond acceptors (Lipinski definition) is 4. The topological polar surface area (TPSA) is 83.6 Å². The van der Waals surface area contributed by atoms with Crippen LogP contribution in [0.2, 0.25) is 5.02 Å². The summed E-state index contributed by atoms with van der Waals surface area (Å²) in [5.41, 5.74) is 1.30. The van der Waals surface area contributed by atoms with Crippen LogP contribution in [0.15, 0.2) is 34.7 Å². The maximum Gasteiger partial charge on any atom is 0.358 e. The number of aryl methyl sites for hydroxylation is 1. The molecule has 2 heterocycles. The zero-order valence-electron chi connectivity index (χ0n) is 11.6. The average Bonchev–Trinajstić information content (AvgIpc) is 2.94. The van der Waals surface area contributed by atoms with Crippen molar-refractivity contribution < 1.29 is 19.4 Å². The molecule has 0 amide bonds. The van der Waals surface area contributed by atoms with Crippen LogP contribution in [0.3, 0.4) is 0 Å². The smallest absolute Gasteiger partial charge is 0.358 e. The van der Waals surface area contributed by atoms with Crippen LogP contribution in [0.25, 0.3) is 22.3 Å². The van der Waals surface area contributed by atoms with E-state index in [0.29, 0.717) is 33.9 Å². The van der Waals surface area contributed by atoms with E-state index in [0.717, 1.165) is 5.56 Å². The number of halogens is 1. The van der Waals surface area contributed by atoms with Crippen molar-refractivity contribution in [3.8, 4) is 17.1 Å². The highest BCUT2D eigenvalue weighted by Crippen LogP contribution is 2.36. The predicted molar refractivity (Wildman–Crippen MR) is 82.5 cm³/mol. The highest BCUT2D eigenvalue weighted by Gasteiger charge is 2.21. The lowest BCUT2D eigenvalue weighted by Crippen LogP contribution is -2.03. The first-order valence-electron chi connectivity index (χ1n) is 6.66. The Bertz CT molecular complexity index is 868. The van der Waals surface area contributed by atoms with Crippen molar-refractivity contribution in [2.24, 2.45) is 0 Å². The molecule has 1 aromatic carbocycles. The van der Waals surface area contributed by atoms with Gasteiger partial charge in [0.2, 0.25) is 0 Å². The Morgan fingerprint density at radius 1 is 1.32 bits per heavy atom. The Labute approximate surface area is 130 Å². The van der Waals surface area contributed by atoms with E-state index < -0.39 is 5.97 Å². The van der Waals surface area contributed by atoms with Gasteiger partial charge in [0.25, 0.3) is 0 Å². The summed E-state index contributed by atoms with van der Waals surface area (Å²) in [5.74, 6) is -1.15. The molecule has 0 aliphatic rings. The fraction of sp³-hybridized carbons (Fsp3) is 0.125. The Balaban J connectivity index is 2.26. The molecular formula is C16H12ClNO4. The van der Waals surface area contributed by atoms with Gasteiger partial charge in [0.15, 0.2) is 17.0 Å². The molecule has 0 atom stereocenters. The van der Waals surface area contributed by atoms with Crippen molar-refractivity contribution in [1.82, 2.24) is 4.98 Å². The quantitative estimate of drug-likeness (QED) is 0.759. The standard InChI is InChI=1S/C16H12ClNO4/c1-2-11-15-10(14(19)13(18-11)16(20)21)7-12(22-15)8-3-5-9(17)6-4-8/h3-7,19H,2H2,1H3,(H,20,21). The maximum atomic E-state index is 11.2. The molecule has 0 saturated heterocycles. The van der Waals surface area contributed by atoms with E-state index in [1.54, 1.807) is 30.3 Å². The average molecular weight is 318 g/mol. The molecule has 5 nitrogen and oxygen atoms in total. The third kappa shape index (κ3) is 2.29. The molecule has 0 bridgehead atoms. The molecule has 3 rings (SSSR count). The number of rotatable bonds is 3. The molecule has 0 radical (unpaired) electrons. The first-order chi connectivity index (χ1) is 10.5. The van der Waals surface area contributed by atoms with Gasteiger partial charge in [-0.3, -0.25) is 0 Å². The van der Waals surface area contributed by atoms with Gasteiger partial charge in [-0.15, -0.1) is 0 Å². The molecule has 0 aliphatic heterocycles. The summed E-state index contributed by atoms with van der Waals surface area (Å²) in [6, 6.07) is 8.64. The van der Waals surface area contributed by atoms with Crippen molar-refractivity contribution in [1.29, 1.82) is 0 Å². The minimum Gasteiger partial charge on any atom is -0.505 e. The lowest BCUT2D eigenvalue weighted by atomic mass is 10.1. The molecule has 3 aromatic rings. The molecule has 22 heavy (non-hydrogen) atoms. The lowest BCUT2D eigenvalue weighted by Gasteiger charge is -2.03. The van der Waals surface area contributed by atoms with Crippen molar-refractivity contribution in [3.05, 3.63) is 46.7 Å².